The third-order valence-electron chi connectivity index (χ3n) is 3.59. The maximum atomic E-state index is 13.0. The van der Waals surface area contributed by atoms with Crippen molar-refractivity contribution >= 4 is 57.3 Å². The Labute approximate surface area is 160 Å². The summed E-state index contributed by atoms with van der Waals surface area (Å²) in [6.07, 6.45) is 3.60. The zero-order valence-electron chi connectivity index (χ0n) is 13.4. The van der Waals surface area contributed by atoms with Crippen LogP contribution in [0.4, 0.5) is 5.69 Å². The molecule has 0 saturated heterocycles. The Morgan fingerprint density at radius 2 is 1.80 bits per heavy atom. The lowest BCUT2D eigenvalue weighted by Gasteiger charge is -2.16. The SMILES string of the molecule is Cc1ccccc1NC(=S)C(=C([O-])c1ccc(Cl)s1)[n+]1ccccc1. The number of para-hydroxylation sites is 1. The molecule has 0 amide bonds. The molecule has 0 atom stereocenters. The summed E-state index contributed by atoms with van der Waals surface area (Å²) in [6, 6.07) is 16.8. The first-order valence-corrected chi connectivity index (χ1v) is 9.17. The predicted molar refractivity (Wildman–Crippen MR) is 106 cm³/mol. The minimum atomic E-state index is -0.167. The molecule has 126 valence electrons. The Kier molecular flexibility index (Phi) is 5.48. The van der Waals surface area contributed by atoms with Gasteiger partial charge in [0, 0.05) is 22.7 Å². The van der Waals surface area contributed by atoms with Crippen LogP contribution < -0.4 is 15.0 Å². The highest BCUT2D eigenvalue weighted by Gasteiger charge is 2.19. The molecule has 0 radical (unpaired) electrons. The van der Waals surface area contributed by atoms with Crippen LogP contribution >= 0.6 is 35.2 Å². The van der Waals surface area contributed by atoms with E-state index in [1.807, 2.05) is 49.4 Å². The van der Waals surface area contributed by atoms with Gasteiger partial charge in [-0.1, -0.05) is 48.1 Å². The second-order valence-electron chi connectivity index (χ2n) is 5.33. The second kappa shape index (κ2) is 7.78. The number of hydrogen-bond donors (Lipinski definition) is 1. The van der Waals surface area contributed by atoms with Crippen LogP contribution in [-0.2, 0) is 0 Å². The van der Waals surface area contributed by atoms with Crippen molar-refractivity contribution in [2.24, 2.45) is 0 Å². The number of benzene rings is 1. The molecule has 2 heterocycles. The largest absolute Gasteiger partial charge is 0.867 e. The van der Waals surface area contributed by atoms with E-state index in [4.69, 9.17) is 23.8 Å². The lowest BCUT2D eigenvalue weighted by molar-refractivity contribution is -0.577. The van der Waals surface area contributed by atoms with Crippen molar-refractivity contribution in [2.45, 2.75) is 6.92 Å². The average Bonchev–Trinajstić information content (AvgIpc) is 3.04. The van der Waals surface area contributed by atoms with Crippen LogP contribution in [0, 0.1) is 6.92 Å². The van der Waals surface area contributed by atoms with Gasteiger partial charge in [-0.15, -0.1) is 11.3 Å². The third kappa shape index (κ3) is 4.07. The first kappa shape index (κ1) is 17.6. The number of hydrogen-bond acceptors (Lipinski definition) is 3. The molecule has 0 saturated carbocycles. The van der Waals surface area contributed by atoms with Crippen molar-refractivity contribution < 1.29 is 9.67 Å². The summed E-state index contributed by atoms with van der Waals surface area (Å²) in [5.74, 6) is -0.167. The minimum Gasteiger partial charge on any atom is -0.867 e. The maximum Gasteiger partial charge on any atom is 0.239 e. The van der Waals surface area contributed by atoms with Crippen LogP contribution in [0.1, 0.15) is 10.4 Å². The summed E-state index contributed by atoms with van der Waals surface area (Å²) >= 11 is 12.8. The molecule has 0 aliphatic rings. The Bertz CT molecular complexity index is 935. The van der Waals surface area contributed by atoms with Crippen LogP contribution in [0.15, 0.2) is 67.0 Å². The zero-order chi connectivity index (χ0) is 17.8. The summed E-state index contributed by atoms with van der Waals surface area (Å²) in [6.45, 7) is 1.99. The maximum absolute atomic E-state index is 13.0. The molecule has 0 aliphatic heterocycles. The number of nitrogens with zero attached hydrogens (tertiary/aromatic N) is 1. The van der Waals surface area contributed by atoms with E-state index in [1.165, 1.54) is 11.3 Å². The fourth-order valence-corrected chi connectivity index (χ4v) is 3.63. The first-order valence-electron chi connectivity index (χ1n) is 7.57. The third-order valence-corrected chi connectivity index (χ3v) is 5.12. The molecule has 1 aromatic carbocycles. The molecule has 1 N–H and O–H groups in total. The Morgan fingerprint density at radius 3 is 2.44 bits per heavy atom. The van der Waals surface area contributed by atoms with E-state index in [9.17, 15) is 5.11 Å². The van der Waals surface area contributed by atoms with Crippen LogP contribution in [0.3, 0.4) is 0 Å². The molecule has 0 spiro atoms. The molecule has 25 heavy (non-hydrogen) atoms. The van der Waals surface area contributed by atoms with Crippen LogP contribution in [-0.4, -0.2) is 4.99 Å². The van der Waals surface area contributed by atoms with Crippen molar-refractivity contribution in [3.05, 3.63) is 81.8 Å². The minimum absolute atomic E-state index is 0.167. The molecule has 0 bridgehead atoms. The lowest BCUT2D eigenvalue weighted by Crippen LogP contribution is -2.39. The van der Waals surface area contributed by atoms with E-state index in [2.05, 4.69) is 5.32 Å². The molecule has 6 heteroatoms. The van der Waals surface area contributed by atoms with E-state index < -0.39 is 0 Å². The predicted octanol–water partition coefficient (Wildman–Crippen LogP) is 4.12. The fourth-order valence-electron chi connectivity index (χ4n) is 2.33. The monoisotopic (exact) mass is 386 g/mol. The molecule has 0 aliphatic carbocycles. The number of pyridine rings is 1. The van der Waals surface area contributed by atoms with E-state index in [0.29, 0.717) is 19.9 Å². The van der Waals surface area contributed by atoms with Crippen molar-refractivity contribution in [3.63, 3.8) is 0 Å². The Hall–Kier alpha value is -2.21. The van der Waals surface area contributed by atoms with Crippen molar-refractivity contribution in [3.8, 4) is 0 Å². The van der Waals surface area contributed by atoms with Gasteiger partial charge < -0.3 is 10.4 Å². The topological polar surface area (TPSA) is 39.0 Å². The average molecular weight is 387 g/mol. The number of aromatic nitrogens is 1. The molecule has 2 aromatic heterocycles. The quantitative estimate of drug-likeness (QED) is 0.317. The van der Waals surface area contributed by atoms with Crippen LogP contribution in [0.2, 0.25) is 4.34 Å². The number of rotatable bonds is 4. The normalized spacial score (nSPS) is 11.8. The number of aryl methyl sites for hydroxylation is 1. The highest BCUT2D eigenvalue weighted by Crippen LogP contribution is 2.27. The van der Waals surface area contributed by atoms with Gasteiger partial charge in [-0.2, -0.15) is 4.57 Å². The molecular weight excluding hydrogens is 372 g/mol. The number of nitrogens with one attached hydrogen (secondary N) is 1. The Balaban J connectivity index is 2.06. The second-order valence-corrected chi connectivity index (χ2v) is 7.46. The molecule has 3 rings (SSSR count). The number of anilines is 1. The Morgan fingerprint density at radius 1 is 1.08 bits per heavy atom. The smallest absolute Gasteiger partial charge is 0.239 e. The molecule has 0 unspecified atom stereocenters. The van der Waals surface area contributed by atoms with Crippen molar-refractivity contribution in [2.75, 3.05) is 5.32 Å². The zero-order valence-corrected chi connectivity index (χ0v) is 15.8. The summed E-state index contributed by atoms with van der Waals surface area (Å²) in [7, 11) is 0. The van der Waals surface area contributed by atoms with E-state index in [-0.39, 0.29) is 5.76 Å². The number of thiocarbonyl (C=S) groups is 1. The first-order chi connectivity index (χ1) is 12.1. The van der Waals surface area contributed by atoms with E-state index in [0.717, 1.165) is 11.3 Å². The van der Waals surface area contributed by atoms with Gasteiger partial charge in [-0.25, -0.2) is 0 Å². The fraction of sp³-hybridized carbons (Fsp3) is 0.0526. The van der Waals surface area contributed by atoms with Gasteiger partial charge >= 0.3 is 0 Å². The van der Waals surface area contributed by atoms with Crippen molar-refractivity contribution in [1.82, 2.24) is 0 Å². The number of thiophene rings is 1. The molecular formula is C19H15ClN2OS2. The standard InChI is InChI=1S/C19H15ClN2OS2/c1-13-7-3-4-8-14(13)21-19(24)17(22-11-5-2-6-12-22)18(23)15-9-10-16(20)25-15/h2-12H,1H3,(H-,21,23,24). The van der Waals surface area contributed by atoms with Gasteiger partial charge in [-0.05, 0) is 36.4 Å². The van der Waals surface area contributed by atoms with Gasteiger partial charge in [0.2, 0.25) is 5.70 Å². The molecule has 3 nitrogen and oxygen atoms in total. The summed E-state index contributed by atoms with van der Waals surface area (Å²) in [5, 5.41) is 16.2. The van der Waals surface area contributed by atoms with Gasteiger partial charge in [0.1, 0.15) is 0 Å². The summed E-state index contributed by atoms with van der Waals surface area (Å²) < 4.78 is 2.29. The van der Waals surface area contributed by atoms with Gasteiger partial charge in [0.25, 0.3) is 0 Å². The van der Waals surface area contributed by atoms with Gasteiger partial charge in [0.05, 0.1) is 4.34 Å². The number of halogens is 1. The van der Waals surface area contributed by atoms with E-state index >= 15 is 0 Å². The van der Waals surface area contributed by atoms with Crippen LogP contribution in [0.5, 0.6) is 0 Å². The summed E-state index contributed by atoms with van der Waals surface area (Å²) in [4.78, 5) is 0.908. The van der Waals surface area contributed by atoms with Crippen molar-refractivity contribution in [1.29, 1.82) is 0 Å². The van der Waals surface area contributed by atoms with Gasteiger partial charge in [-0.3, -0.25) is 0 Å². The highest BCUT2D eigenvalue weighted by atomic mass is 35.5. The van der Waals surface area contributed by atoms with E-state index in [1.54, 1.807) is 29.1 Å². The van der Waals surface area contributed by atoms with Crippen LogP contribution in [0.25, 0.3) is 11.5 Å². The van der Waals surface area contributed by atoms with Gasteiger partial charge in [0.15, 0.2) is 17.4 Å². The highest BCUT2D eigenvalue weighted by molar-refractivity contribution is 7.81. The molecule has 3 aromatic rings. The molecule has 0 fully saturated rings. The summed E-state index contributed by atoms with van der Waals surface area (Å²) in [5.41, 5.74) is 2.31. The lowest BCUT2D eigenvalue weighted by atomic mass is 10.2.